The van der Waals surface area contributed by atoms with Gasteiger partial charge in [0.15, 0.2) is 0 Å². The van der Waals surface area contributed by atoms with Crippen LogP contribution in [0, 0.1) is 11.3 Å². The van der Waals surface area contributed by atoms with E-state index in [1.807, 2.05) is 30.3 Å². The number of hydrogen-bond acceptors (Lipinski definition) is 6. The Morgan fingerprint density at radius 1 is 1.03 bits per heavy atom. The molecule has 0 spiro atoms. The number of para-hydroxylation sites is 1. The van der Waals surface area contributed by atoms with Crippen molar-refractivity contribution in [3.05, 3.63) is 106 Å². The van der Waals surface area contributed by atoms with E-state index in [-0.39, 0.29) is 11.5 Å². The van der Waals surface area contributed by atoms with Gasteiger partial charge in [-0.05, 0) is 48.5 Å². The lowest BCUT2D eigenvalue weighted by molar-refractivity contribution is 0.102. The van der Waals surface area contributed by atoms with Crippen LogP contribution in [0.15, 0.2) is 83.9 Å². The molecule has 35 heavy (non-hydrogen) atoms. The summed E-state index contributed by atoms with van der Waals surface area (Å²) in [6.07, 6.45) is 3.28. The van der Waals surface area contributed by atoms with Crippen LogP contribution in [-0.2, 0) is 6.54 Å². The number of benzene rings is 2. The van der Waals surface area contributed by atoms with E-state index < -0.39 is 0 Å². The van der Waals surface area contributed by atoms with E-state index in [4.69, 9.17) is 5.26 Å². The number of pyridine rings is 2. The fraction of sp³-hybridized carbons (Fsp3) is 0.0385. The summed E-state index contributed by atoms with van der Waals surface area (Å²) >= 11 is 0. The minimum atomic E-state index is -0.366. The molecule has 2 aromatic carbocycles. The first-order chi connectivity index (χ1) is 17.1. The summed E-state index contributed by atoms with van der Waals surface area (Å²) < 4.78 is 0. The van der Waals surface area contributed by atoms with Gasteiger partial charge in [0.1, 0.15) is 16.9 Å². The first-order valence-electron chi connectivity index (χ1n) is 10.8. The average Bonchev–Trinajstić information content (AvgIpc) is 3.33. The Morgan fingerprint density at radius 2 is 1.91 bits per heavy atom. The first-order valence-corrected chi connectivity index (χ1v) is 10.8. The molecule has 5 rings (SSSR count). The van der Waals surface area contributed by atoms with Crippen molar-refractivity contribution in [3.63, 3.8) is 0 Å². The van der Waals surface area contributed by atoms with E-state index >= 15 is 0 Å². The van der Waals surface area contributed by atoms with Crippen molar-refractivity contribution in [1.82, 2.24) is 19.9 Å². The topological polar surface area (TPSA) is 139 Å². The van der Waals surface area contributed by atoms with Crippen molar-refractivity contribution in [3.8, 4) is 17.5 Å². The summed E-state index contributed by atoms with van der Waals surface area (Å²) in [4.78, 5) is 40.4. The maximum Gasteiger partial charge on any atom is 0.261 e. The second kappa shape index (κ2) is 9.33. The second-order valence-corrected chi connectivity index (χ2v) is 7.70. The normalized spacial score (nSPS) is 10.6. The minimum Gasteiger partial charge on any atom is -0.379 e. The van der Waals surface area contributed by atoms with Crippen molar-refractivity contribution >= 4 is 28.3 Å². The SMILES string of the molecule is N#Cc1cccc(C(=O)Nc2cccc3[nH]c(-c4c(NCc5ccccn5)cc[nH]c4=O)nc23)c1. The molecule has 0 saturated heterocycles. The zero-order chi connectivity index (χ0) is 24.2. The number of nitrogens with zero attached hydrogens (tertiary/aromatic N) is 3. The minimum absolute atomic E-state index is 0.311. The summed E-state index contributed by atoms with van der Waals surface area (Å²) in [7, 11) is 0. The monoisotopic (exact) mass is 461 g/mol. The molecule has 0 aliphatic rings. The Labute approximate surface area is 199 Å². The molecule has 9 heteroatoms. The molecule has 170 valence electrons. The number of H-pyrrole nitrogens is 2. The second-order valence-electron chi connectivity index (χ2n) is 7.70. The lowest BCUT2D eigenvalue weighted by atomic mass is 10.1. The molecule has 5 aromatic rings. The van der Waals surface area contributed by atoms with Gasteiger partial charge in [-0.15, -0.1) is 0 Å². The number of amides is 1. The van der Waals surface area contributed by atoms with Crippen LogP contribution in [0.1, 0.15) is 21.6 Å². The Kier molecular flexibility index (Phi) is 5.76. The number of nitrogens with one attached hydrogen (secondary N) is 4. The number of aromatic nitrogens is 4. The third kappa shape index (κ3) is 4.49. The molecule has 0 unspecified atom stereocenters. The van der Waals surface area contributed by atoms with Gasteiger partial charge in [-0.2, -0.15) is 5.26 Å². The summed E-state index contributed by atoms with van der Waals surface area (Å²) in [6.45, 7) is 0.431. The molecule has 0 aliphatic heterocycles. The number of carbonyl (C=O) groups is 1. The maximum atomic E-state index is 12.8. The number of rotatable bonds is 6. The quantitative estimate of drug-likeness (QED) is 0.301. The van der Waals surface area contributed by atoms with E-state index in [1.54, 1.807) is 48.8 Å². The third-order valence-electron chi connectivity index (χ3n) is 5.40. The number of carbonyl (C=O) groups excluding carboxylic acids is 1. The van der Waals surface area contributed by atoms with Crippen LogP contribution in [0.25, 0.3) is 22.4 Å². The van der Waals surface area contributed by atoms with Crippen molar-refractivity contribution < 1.29 is 4.79 Å². The smallest absolute Gasteiger partial charge is 0.261 e. The molecule has 0 aliphatic carbocycles. The van der Waals surface area contributed by atoms with E-state index in [0.29, 0.717) is 51.5 Å². The van der Waals surface area contributed by atoms with E-state index in [1.165, 1.54) is 6.07 Å². The van der Waals surface area contributed by atoms with Crippen LogP contribution in [0.3, 0.4) is 0 Å². The highest BCUT2D eigenvalue weighted by molar-refractivity contribution is 6.08. The summed E-state index contributed by atoms with van der Waals surface area (Å²) in [5.41, 5.74) is 3.85. The van der Waals surface area contributed by atoms with Crippen LogP contribution in [0.5, 0.6) is 0 Å². The summed E-state index contributed by atoms with van der Waals surface area (Å²) in [5, 5.41) is 15.2. The summed E-state index contributed by atoms with van der Waals surface area (Å²) in [5.74, 6) is -0.00651. The zero-order valence-electron chi connectivity index (χ0n) is 18.4. The zero-order valence-corrected chi connectivity index (χ0v) is 18.4. The van der Waals surface area contributed by atoms with Crippen LogP contribution in [0.2, 0.25) is 0 Å². The Balaban J connectivity index is 1.48. The molecule has 3 heterocycles. The van der Waals surface area contributed by atoms with Gasteiger partial charge in [0.2, 0.25) is 0 Å². The molecule has 0 radical (unpaired) electrons. The Hall–Kier alpha value is -5.23. The standard InChI is InChI=1S/C26H19N7O2/c27-14-16-5-3-6-17(13-16)25(34)32-21-9-4-8-20-23(21)33-24(31-20)22-19(10-12-29-26(22)35)30-15-18-7-1-2-11-28-18/h1-13H,15H2,(H,31,33)(H,32,34)(H2,29,30,35). The highest BCUT2D eigenvalue weighted by Crippen LogP contribution is 2.28. The van der Waals surface area contributed by atoms with Gasteiger partial charge >= 0.3 is 0 Å². The van der Waals surface area contributed by atoms with Crippen LogP contribution < -0.4 is 16.2 Å². The molecule has 0 saturated carbocycles. The lowest BCUT2D eigenvalue weighted by Crippen LogP contribution is -2.13. The third-order valence-corrected chi connectivity index (χ3v) is 5.40. The van der Waals surface area contributed by atoms with E-state index in [9.17, 15) is 9.59 Å². The highest BCUT2D eigenvalue weighted by Gasteiger charge is 2.17. The van der Waals surface area contributed by atoms with Crippen molar-refractivity contribution in [2.45, 2.75) is 6.54 Å². The van der Waals surface area contributed by atoms with Gasteiger partial charge in [-0.3, -0.25) is 14.6 Å². The van der Waals surface area contributed by atoms with E-state index in [2.05, 4.69) is 30.6 Å². The molecule has 4 N–H and O–H groups in total. The van der Waals surface area contributed by atoms with Crippen molar-refractivity contribution in [1.29, 1.82) is 5.26 Å². The van der Waals surface area contributed by atoms with Crippen molar-refractivity contribution in [2.75, 3.05) is 10.6 Å². The van der Waals surface area contributed by atoms with Crippen LogP contribution in [0.4, 0.5) is 11.4 Å². The highest BCUT2D eigenvalue weighted by atomic mass is 16.1. The molecule has 0 atom stereocenters. The molecule has 0 fully saturated rings. The van der Waals surface area contributed by atoms with E-state index in [0.717, 1.165) is 5.69 Å². The molecule has 9 nitrogen and oxygen atoms in total. The number of imidazole rings is 1. The lowest BCUT2D eigenvalue weighted by Gasteiger charge is -2.09. The maximum absolute atomic E-state index is 12.8. The largest absolute Gasteiger partial charge is 0.379 e. The van der Waals surface area contributed by atoms with Crippen LogP contribution in [-0.4, -0.2) is 25.8 Å². The fourth-order valence-electron chi connectivity index (χ4n) is 3.73. The van der Waals surface area contributed by atoms with Gasteiger partial charge in [0.25, 0.3) is 11.5 Å². The summed E-state index contributed by atoms with van der Waals surface area (Å²) in [6, 6.07) is 21.2. The average molecular weight is 461 g/mol. The molecular formula is C26H19N7O2. The van der Waals surface area contributed by atoms with Gasteiger partial charge in [-0.1, -0.05) is 18.2 Å². The molecular weight excluding hydrogens is 442 g/mol. The fourth-order valence-corrected chi connectivity index (χ4v) is 3.73. The first kappa shape index (κ1) is 21.6. The predicted molar refractivity (Wildman–Crippen MR) is 133 cm³/mol. The number of aromatic amines is 2. The Morgan fingerprint density at radius 3 is 2.74 bits per heavy atom. The van der Waals surface area contributed by atoms with Crippen LogP contribution >= 0.6 is 0 Å². The van der Waals surface area contributed by atoms with Gasteiger partial charge in [0.05, 0.1) is 40.8 Å². The predicted octanol–water partition coefficient (Wildman–Crippen LogP) is 4.05. The Bertz CT molecular complexity index is 1630. The number of fused-ring (bicyclic) bond motifs is 1. The molecule has 0 bridgehead atoms. The van der Waals surface area contributed by atoms with Gasteiger partial charge in [0, 0.05) is 18.0 Å². The van der Waals surface area contributed by atoms with Gasteiger partial charge in [-0.25, -0.2) is 4.98 Å². The molecule has 3 aromatic heterocycles. The number of anilines is 2. The van der Waals surface area contributed by atoms with Crippen molar-refractivity contribution in [2.24, 2.45) is 0 Å². The molecule has 1 amide bonds. The van der Waals surface area contributed by atoms with Gasteiger partial charge < -0.3 is 20.6 Å². The number of hydrogen-bond donors (Lipinski definition) is 4. The number of nitriles is 1.